The molecule has 1 saturated carbocycles. The van der Waals surface area contributed by atoms with E-state index in [2.05, 4.69) is 15.1 Å². The van der Waals surface area contributed by atoms with Crippen molar-refractivity contribution in [3.8, 4) is 0 Å². The molecule has 4 aliphatic rings. The molecule has 3 aliphatic heterocycles. The van der Waals surface area contributed by atoms with Gasteiger partial charge in [-0.25, -0.2) is 4.79 Å². The van der Waals surface area contributed by atoms with Crippen molar-refractivity contribution < 1.29 is 14.7 Å². The number of fused-ring (bicyclic) bond motifs is 3. The zero-order valence-electron chi connectivity index (χ0n) is 15.1. The van der Waals surface area contributed by atoms with Crippen molar-refractivity contribution >= 4 is 11.9 Å². The van der Waals surface area contributed by atoms with Crippen molar-refractivity contribution in [2.45, 2.75) is 56.6 Å². The first-order valence-corrected chi connectivity index (χ1v) is 9.47. The Kier molecular flexibility index (Phi) is 4.47. The lowest BCUT2D eigenvalue weighted by Crippen LogP contribution is -2.65. The quantitative estimate of drug-likeness (QED) is 0.724. The standard InChI is InChI=1S/C17H29N5O3/c1-19-14-13(15(24)20(2)17(19)25)22-10-12(11-6-4-3-5-7-11)21(8-9-23)16(22)18-14/h11-14,16,18,23H,3-10H2,1-2H3. The SMILES string of the molecule is CN1C(=O)C2C(NC3N(CCO)C(C4CCCCC4)CN23)N(C)C1=O. The molecule has 3 amide bonds. The molecule has 4 fully saturated rings. The van der Waals surface area contributed by atoms with Crippen LogP contribution in [0.3, 0.4) is 0 Å². The van der Waals surface area contributed by atoms with Gasteiger partial charge in [-0.05, 0) is 18.8 Å². The van der Waals surface area contributed by atoms with E-state index in [-0.39, 0.29) is 37.0 Å². The Labute approximate surface area is 148 Å². The van der Waals surface area contributed by atoms with E-state index in [1.807, 2.05) is 0 Å². The van der Waals surface area contributed by atoms with Crippen LogP contribution < -0.4 is 5.32 Å². The van der Waals surface area contributed by atoms with Crippen LogP contribution in [0.1, 0.15) is 32.1 Å². The predicted molar refractivity (Wildman–Crippen MR) is 91.3 cm³/mol. The molecule has 4 unspecified atom stereocenters. The van der Waals surface area contributed by atoms with Gasteiger partial charge >= 0.3 is 6.03 Å². The van der Waals surface area contributed by atoms with Crippen molar-refractivity contribution in [3.05, 3.63) is 0 Å². The van der Waals surface area contributed by atoms with Crippen LogP contribution in [0.15, 0.2) is 0 Å². The van der Waals surface area contributed by atoms with Crippen LogP contribution >= 0.6 is 0 Å². The number of urea groups is 1. The van der Waals surface area contributed by atoms with Gasteiger partial charge in [-0.2, -0.15) is 0 Å². The summed E-state index contributed by atoms with van der Waals surface area (Å²) in [6, 6.07) is -0.239. The first-order chi connectivity index (χ1) is 12.0. The van der Waals surface area contributed by atoms with Gasteiger partial charge in [-0.15, -0.1) is 0 Å². The fraction of sp³-hybridized carbons (Fsp3) is 0.882. The summed E-state index contributed by atoms with van der Waals surface area (Å²) >= 11 is 0. The maximum Gasteiger partial charge on any atom is 0.327 e. The second-order valence-electron chi connectivity index (χ2n) is 7.84. The molecule has 0 spiro atoms. The largest absolute Gasteiger partial charge is 0.395 e. The number of hydrogen-bond acceptors (Lipinski definition) is 6. The summed E-state index contributed by atoms with van der Waals surface area (Å²) in [5.41, 5.74) is 0. The highest BCUT2D eigenvalue weighted by molar-refractivity contribution is 6.00. The van der Waals surface area contributed by atoms with Crippen molar-refractivity contribution in [3.63, 3.8) is 0 Å². The first-order valence-electron chi connectivity index (χ1n) is 9.47. The molecule has 8 nitrogen and oxygen atoms in total. The van der Waals surface area contributed by atoms with E-state index < -0.39 is 0 Å². The third-order valence-corrected chi connectivity index (χ3v) is 6.57. The Morgan fingerprint density at radius 3 is 2.56 bits per heavy atom. The fourth-order valence-electron chi connectivity index (χ4n) is 5.27. The van der Waals surface area contributed by atoms with Crippen molar-refractivity contribution in [2.75, 3.05) is 33.8 Å². The molecule has 140 valence electrons. The minimum absolute atomic E-state index is 0.0835. The van der Waals surface area contributed by atoms with Gasteiger partial charge in [0.25, 0.3) is 5.91 Å². The van der Waals surface area contributed by atoms with E-state index in [0.29, 0.717) is 18.5 Å². The van der Waals surface area contributed by atoms with E-state index in [1.165, 1.54) is 37.0 Å². The Morgan fingerprint density at radius 1 is 1.16 bits per heavy atom. The maximum absolute atomic E-state index is 12.8. The molecular weight excluding hydrogens is 322 g/mol. The number of imide groups is 1. The van der Waals surface area contributed by atoms with Crippen molar-refractivity contribution in [1.29, 1.82) is 0 Å². The molecule has 2 N–H and O–H groups in total. The highest BCUT2D eigenvalue weighted by Crippen LogP contribution is 2.38. The number of aliphatic hydroxyl groups excluding tert-OH is 1. The molecule has 0 aromatic rings. The number of nitrogens with one attached hydrogen (secondary N) is 1. The molecule has 4 atom stereocenters. The number of carbonyl (C=O) groups is 2. The van der Waals surface area contributed by atoms with Crippen LogP contribution in [0.4, 0.5) is 4.79 Å². The number of aliphatic hydroxyl groups is 1. The Morgan fingerprint density at radius 2 is 1.88 bits per heavy atom. The zero-order chi connectivity index (χ0) is 17.7. The van der Waals surface area contributed by atoms with Gasteiger partial charge in [0.1, 0.15) is 18.5 Å². The van der Waals surface area contributed by atoms with Crippen LogP contribution in [-0.2, 0) is 4.79 Å². The monoisotopic (exact) mass is 351 g/mol. The predicted octanol–water partition coefficient (Wildman–Crippen LogP) is -0.349. The molecule has 0 radical (unpaired) electrons. The van der Waals surface area contributed by atoms with Gasteiger partial charge in [-0.1, -0.05) is 19.3 Å². The lowest BCUT2D eigenvalue weighted by atomic mass is 9.83. The van der Waals surface area contributed by atoms with E-state index in [1.54, 1.807) is 19.0 Å². The summed E-state index contributed by atoms with van der Waals surface area (Å²) in [5.74, 6) is 0.498. The van der Waals surface area contributed by atoms with E-state index >= 15 is 0 Å². The van der Waals surface area contributed by atoms with Crippen LogP contribution in [0.5, 0.6) is 0 Å². The Bertz CT molecular complexity index is 552. The summed E-state index contributed by atoms with van der Waals surface area (Å²) < 4.78 is 0. The van der Waals surface area contributed by atoms with Gasteiger partial charge in [0.2, 0.25) is 0 Å². The molecule has 1 aliphatic carbocycles. The molecule has 8 heteroatoms. The third-order valence-electron chi connectivity index (χ3n) is 6.57. The molecular formula is C17H29N5O3. The number of carbonyl (C=O) groups excluding carboxylic acids is 2. The molecule has 0 aromatic heterocycles. The Balaban J connectivity index is 1.60. The number of β-amino-alcohol motifs (C(OH)–C–C–N with tert-alkyl or cyclic N) is 1. The van der Waals surface area contributed by atoms with Crippen molar-refractivity contribution in [1.82, 2.24) is 24.9 Å². The highest BCUT2D eigenvalue weighted by Gasteiger charge is 2.58. The minimum Gasteiger partial charge on any atom is -0.395 e. The number of amides is 3. The molecule has 25 heavy (non-hydrogen) atoms. The topological polar surface area (TPSA) is 79.4 Å². The molecule has 0 aromatic carbocycles. The summed E-state index contributed by atoms with van der Waals surface area (Å²) in [5, 5.41) is 13.1. The minimum atomic E-state index is -0.340. The van der Waals surface area contributed by atoms with Gasteiger partial charge in [0.15, 0.2) is 0 Å². The second-order valence-corrected chi connectivity index (χ2v) is 7.84. The van der Waals surface area contributed by atoms with E-state index in [0.717, 1.165) is 6.54 Å². The highest BCUT2D eigenvalue weighted by atomic mass is 16.3. The smallest absolute Gasteiger partial charge is 0.327 e. The van der Waals surface area contributed by atoms with Crippen LogP contribution in [0.25, 0.3) is 0 Å². The fourth-order valence-corrected chi connectivity index (χ4v) is 5.27. The number of nitrogens with zero attached hydrogens (tertiary/aromatic N) is 4. The molecule has 0 bridgehead atoms. The summed E-state index contributed by atoms with van der Waals surface area (Å²) in [4.78, 5) is 32.4. The average Bonchev–Trinajstić information content (AvgIpc) is 3.16. The molecule has 3 heterocycles. The van der Waals surface area contributed by atoms with Gasteiger partial charge < -0.3 is 10.0 Å². The summed E-state index contributed by atoms with van der Waals surface area (Å²) in [6.07, 6.45) is 5.94. The van der Waals surface area contributed by atoms with Crippen LogP contribution in [-0.4, -0.2) is 95.0 Å². The Hall–Kier alpha value is -1.22. The first kappa shape index (κ1) is 17.2. The summed E-state index contributed by atoms with van der Waals surface area (Å²) in [6.45, 7) is 1.52. The maximum atomic E-state index is 12.8. The zero-order valence-corrected chi connectivity index (χ0v) is 15.1. The second kappa shape index (κ2) is 6.50. The average molecular weight is 351 g/mol. The number of likely N-dealkylation sites (N-methyl/N-ethyl adjacent to an activating group) is 2. The normalized spacial score (nSPS) is 37.7. The van der Waals surface area contributed by atoms with Crippen molar-refractivity contribution in [2.24, 2.45) is 5.92 Å². The van der Waals surface area contributed by atoms with Crippen LogP contribution in [0.2, 0.25) is 0 Å². The molecule has 3 saturated heterocycles. The lowest BCUT2D eigenvalue weighted by Gasteiger charge is -2.40. The molecule has 4 rings (SSSR count). The van der Waals surface area contributed by atoms with E-state index in [4.69, 9.17) is 0 Å². The lowest BCUT2D eigenvalue weighted by molar-refractivity contribution is -0.136. The van der Waals surface area contributed by atoms with E-state index in [9.17, 15) is 14.7 Å². The summed E-state index contributed by atoms with van der Waals surface area (Å²) in [7, 11) is 3.30. The third kappa shape index (κ3) is 2.58. The number of rotatable bonds is 3. The van der Waals surface area contributed by atoms with Gasteiger partial charge in [-0.3, -0.25) is 24.8 Å². The van der Waals surface area contributed by atoms with Crippen LogP contribution in [0, 0.1) is 5.92 Å². The number of hydrogen-bond donors (Lipinski definition) is 2. The van der Waals surface area contributed by atoms with Gasteiger partial charge in [0.05, 0.1) is 6.61 Å². The van der Waals surface area contributed by atoms with Gasteiger partial charge in [0, 0.05) is 33.2 Å².